The molecule has 0 spiro atoms. The fourth-order valence-electron chi connectivity index (χ4n) is 5.65. The van der Waals surface area contributed by atoms with Crippen molar-refractivity contribution < 1.29 is 38.9 Å². The van der Waals surface area contributed by atoms with Crippen molar-refractivity contribution in [1.82, 2.24) is 4.90 Å². The zero-order valence-electron chi connectivity index (χ0n) is 32.6. The molecule has 1 heterocycles. The summed E-state index contributed by atoms with van der Waals surface area (Å²) in [7, 11) is 0. The van der Waals surface area contributed by atoms with Crippen LogP contribution in [0.1, 0.15) is 69.3 Å². The summed E-state index contributed by atoms with van der Waals surface area (Å²) in [5.41, 5.74) is 4.75. The van der Waals surface area contributed by atoms with Crippen molar-refractivity contribution in [2.24, 2.45) is 0 Å². The van der Waals surface area contributed by atoms with Gasteiger partial charge in [-0.05, 0) is 79.5 Å². The minimum absolute atomic E-state index is 0. The minimum Gasteiger partial charge on any atom is -0.386 e. The topological polar surface area (TPSA) is 60.8 Å². The maximum atomic E-state index is 12.4. The van der Waals surface area contributed by atoms with Crippen LogP contribution in [-0.2, 0) is 19.5 Å². The van der Waals surface area contributed by atoms with Crippen LogP contribution in [0.2, 0.25) is 5.02 Å². The number of rotatable bonds is 6. The second-order valence-electron chi connectivity index (χ2n) is 12.2. The van der Waals surface area contributed by atoms with Crippen molar-refractivity contribution in [3.05, 3.63) is 229 Å². The molecule has 1 aliphatic rings. The van der Waals surface area contributed by atoms with Gasteiger partial charge in [0.05, 0.1) is 17.7 Å². The molecule has 0 amide bonds. The Kier molecular flexibility index (Phi) is 24.7. The number of aliphatic hydroxyl groups is 2. The molecule has 0 aromatic heterocycles. The van der Waals surface area contributed by atoms with E-state index in [1.165, 1.54) is 30.5 Å². The standard InChI is InChI=1S/C18H21NO.C15H11ClO.C8H6.C7H5FO.2CH3.Zn/c20-18(16-11-5-2-6-12-16)17(19-13-7-8-14-19)15-9-3-1-4-10-15;16-14-9-5-4-8-13(14)15(17)11-10-12-6-2-1-3-7-12;1-2-8-6-4-3-5-7-8;8-7-4-2-1-3-6(7)5-9;;;/h1-6,9-12,17-18,20H,7-8,13-14H2;1-9,15,17H;1,3-7H;1-5H;2*1H3;/q;;;;2*-1;+2. The van der Waals surface area contributed by atoms with Gasteiger partial charge in [0.25, 0.3) is 0 Å². The van der Waals surface area contributed by atoms with Gasteiger partial charge in [-0.1, -0.05) is 157 Å². The molecule has 7 heteroatoms. The van der Waals surface area contributed by atoms with E-state index in [1.54, 1.807) is 24.3 Å². The smallest absolute Gasteiger partial charge is 0.386 e. The number of aldehydes is 1. The number of nitrogens with zero attached hydrogens (tertiary/aromatic N) is 1. The second kappa shape index (κ2) is 28.3. The first-order valence-electron chi connectivity index (χ1n) is 17.6. The van der Waals surface area contributed by atoms with Crippen LogP contribution in [0, 0.1) is 44.9 Å². The van der Waals surface area contributed by atoms with Crippen molar-refractivity contribution in [3.63, 3.8) is 0 Å². The van der Waals surface area contributed by atoms with Crippen LogP contribution in [0.4, 0.5) is 4.39 Å². The van der Waals surface area contributed by atoms with Crippen LogP contribution in [0.3, 0.4) is 0 Å². The SMILES string of the molecule is C#Cc1ccccc1.O=Cc1ccccc1F.OC(C#Cc1ccccc1)c1ccccc1Cl.OC(c1ccccc1)C(c1ccccc1)N1CCCC1.[CH3-].[CH3-].[Zn+2]. The molecule has 1 fully saturated rings. The molecule has 0 radical (unpaired) electrons. The Hall–Kier alpha value is -5.17. The van der Waals surface area contributed by atoms with Gasteiger partial charge in [-0.15, -0.1) is 6.42 Å². The van der Waals surface area contributed by atoms with E-state index in [0.717, 1.165) is 29.8 Å². The van der Waals surface area contributed by atoms with Crippen LogP contribution in [0.25, 0.3) is 0 Å². The van der Waals surface area contributed by atoms with Gasteiger partial charge in [0.1, 0.15) is 11.9 Å². The predicted molar refractivity (Wildman–Crippen MR) is 230 cm³/mol. The van der Waals surface area contributed by atoms with Gasteiger partial charge in [0, 0.05) is 21.7 Å². The van der Waals surface area contributed by atoms with Gasteiger partial charge in [-0.2, -0.15) is 0 Å². The number of carbonyl (C=O) groups is 1. The molecule has 0 bridgehead atoms. The summed E-state index contributed by atoms with van der Waals surface area (Å²) < 4.78 is 12.4. The number of aliphatic hydroxyl groups excluding tert-OH is 2. The number of likely N-dealkylation sites (tertiary alicyclic amines) is 1. The molecule has 57 heavy (non-hydrogen) atoms. The van der Waals surface area contributed by atoms with Crippen LogP contribution in [-0.4, -0.2) is 34.5 Å². The van der Waals surface area contributed by atoms with Gasteiger partial charge in [-0.3, -0.25) is 9.69 Å². The number of terminal acetylenes is 1. The molecular formula is C50H49ClFNO3Zn. The van der Waals surface area contributed by atoms with E-state index < -0.39 is 18.0 Å². The number of benzene rings is 6. The van der Waals surface area contributed by atoms with E-state index in [-0.39, 0.29) is 45.9 Å². The summed E-state index contributed by atoms with van der Waals surface area (Å²) in [4.78, 5) is 12.4. The van der Waals surface area contributed by atoms with Gasteiger partial charge in [0.15, 0.2) is 6.29 Å². The van der Waals surface area contributed by atoms with Crippen molar-refractivity contribution >= 4 is 17.9 Å². The first kappa shape index (κ1) is 49.9. The number of hydrogen-bond donors (Lipinski definition) is 2. The third kappa shape index (κ3) is 16.8. The molecule has 0 saturated carbocycles. The molecule has 288 valence electrons. The summed E-state index contributed by atoms with van der Waals surface area (Å²) in [6, 6.07) is 52.6. The molecule has 2 N–H and O–H groups in total. The molecular weight excluding hydrogens is 782 g/mol. The second-order valence-corrected chi connectivity index (χ2v) is 12.6. The normalized spacial score (nSPS) is 12.5. The summed E-state index contributed by atoms with van der Waals surface area (Å²) in [5.74, 6) is 7.75. The molecule has 3 unspecified atom stereocenters. The zero-order valence-corrected chi connectivity index (χ0v) is 36.3. The first-order chi connectivity index (χ1) is 26.4. The first-order valence-corrected chi connectivity index (χ1v) is 18.0. The molecule has 3 atom stereocenters. The maximum absolute atomic E-state index is 12.4. The number of hydrogen-bond acceptors (Lipinski definition) is 4. The van der Waals surface area contributed by atoms with Crippen LogP contribution in [0.5, 0.6) is 0 Å². The monoisotopic (exact) mass is 829 g/mol. The molecule has 6 aromatic carbocycles. The fraction of sp³-hybridized carbons (Fsp3) is 0.140. The van der Waals surface area contributed by atoms with E-state index in [4.69, 9.17) is 18.0 Å². The van der Waals surface area contributed by atoms with E-state index in [2.05, 4.69) is 46.9 Å². The Labute approximate surface area is 357 Å². The maximum Gasteiger partial charge on any atom is 2.00 e. The van der Waals surface area contributed by atoms with Crippen molar-refractivity contribution in [2.75, 3.05) is 13.1 Å². The Balaban J connectivity index is 0.000000398. The van der Waals surface area contributed by atoms with Crippen LogP contribution >= 0.6 is 11.6 Å². The molecule has 7 rings (SSSR count). The fourth-order valence-corrected chi connectivity index (χ4v) is 5.89. The third-order valence-electron chi connectivity index (χ3n) is 8.41. The molecule has 1 saturated heterocycles. The summed E-state index contributed by atoms with van der Waals surface area (Å²) in [5, 5.41) is 21.3. The third-order valence-corrected chi connectivity index (χ3v) is 8.76. The van der Waals surface area contributed by atoms with E-state index in [9.17, 15) is 19.4 Å². The minimum atomic E-state index is -0.857. The van der Waals surface area contributed by atoms with Crippen molar-refractivity contribution in [2.45, 2.75) is 31.1 Å². The summed E-state index contributed by atoms with van der Waals surface area (Å²) in [6.45, 7) is 2.15. The van der Waals surface area contributed by atoms with Crippen LogP contribution in [0.15, 0.2) is 170 Å². The van der Waals surface area contributed by atoms with Gasteiger partial charge >= 0.3 is 19.5 Å². The van der Waals surface area contributed by atoms with E-state index >= 15 is 0 Å². The quantitative estimate of drug-likeness (QED) is 0.0760. The molecule has 4 nitrogen and oxygen atoms in total. The van der Waals surface area contributed by atoms with Crippen molar-refractivity contribution in [1.29, 1.82) is 0 Å². The van der Waals surface area contributed by atoms with Crippen molar-refractivity contribution in [3.8, 4) is 24.2 Å². The average molecular weight is 832 g/mol. The van der Waals surface area contributed by atoms with Gasteiger partial charge in [-0.25, -0.2) is 4.39 Å². The Morgan fingerprint density at radius 2 is 1.11 bits per heavy atom. The number of carbonyl (C=O) groups excluding carboxylic acids is 1. The molecule has 1 aliphatic heterocycles. The molecule has 0 aliphatic carbocycles. The van der Waals surface area contributed by atoms with Gasteiger partial charge in [0.2, 0.25) is 0 Å². The number of halogens is 2. The average Bonchev–Trinajstić information content (AvgIpc) is 3.77. The molecule has 6 aromatic rings. The summed E-state index contributed by atoms with van der Waals surface area (Å²) >= 11 is 5.97. The zero-order chi connectivity index (χ0) is 38.4. The predicted octanol–water partition coefficient (Wildman–Crippen LogP) is 11.2. The Morgan fingerprint density at radius 1 is 0.649 bits per heavy atom. The Bertz CT molecular complexity index is 2080. The summed E-state index contributed by atoms with van der Waals surface area (Å²) in [6.07, 6.45) is 6.72. The largest absolute Gasteiger partial charge is 2.00 e. The van der Waals surface area contributed by atoms with Gasteiger partial charge < -0.3 is 25.1 Å². The van der Waals surface area contributed by atoms with E-state index in [1.807, 2.05) is 109 Å². The van der Waals surface area contributed by atoms with Crippen LogP contribution < -0.4 is 0 Å². The Morgan fingerprint density at radius 3 is 1.58 bits per heavy atom. The van der Waals surface area contributed by atoms with E-state index in [0.29, 0.717) is 16.9 Å².